The van der Waals surface area contributed by atoms with Crippen LogP contribution in [0.15, 0.2) is 91.0 Å². The van der Waals surface area contributed by atoms with Crippen molar-refractivity contribution in [2.75, 3.05) is 13.7 Å². The molecule has 0 amide bonds. The standard InChI is InChI=1S/C25H24O4/c1-26-24-23-22(29-23)21(28-24)17-27-25(18-11-5-2-6-12-18,19-13-7-3-8-14-19)20-15-9-4-10-16-20/h2-16,21-24H,17H2,1H3/t21-,22-,23-,24-/m0/s1. The third kappa shape index (κ3) is 3.28. The van der Waals surface area contributed by atoms with Crippen molar-refractivity contribution in [2.24, 2.45) is 0 Å². The number of hydrogen-bond acceptors (Lipinski definition) is 4. The molecule has 3 aromatic rings. The van der Waals surface area contributed by atoms with Crippen molar-refractivity contribution >= 4 is 0 Å². The second kappa shape index (κ2) is 7.73. The molecule has 4 nitrogen and oxygen atoms in total. The molecule has 0 aromatic heterocycles. The minimum atomic E-state index is -0.747. The molecule has 2 heterocycles. The quantitative estimate of drug-likeness (QED) is 0.451. The lowest BCUT2D eigenvalue weighted by Crippen LogP contribution is -2.37. The van der Waals surface area contributed by atoms with Gasteiger partial charge in [-0.15, -0.1) is 0 Å². The average molecular weight is 388 g/mol. The van der Waals surface area contributed by atoms with Gasteiger partial charge in [0, 0.05) is 7.11 Å². The lowest BCUT2D eigenvalue weighted by atomic mass is 9.80. The van der Waals surface area contributed by atoms with Crippen molar-refractivity contribution < 1.29 is 18.9 Å². The van der Waals surface area contributed by atoms with Gasteiger partial charge >= 0.3 is 0 Å². The van der Waals surface area contributed by atoms with E-state index in [1.165, 1.54) is 0 Å². The van der Waals surface area contributed by atoms with E-state index >= 15 is 0 Å². The van der Waals surface area contributed by atoms with Gasteiger partial charge in [-0.25, -0.2) is 0 Å². The van der Waals surface area contributed by atoms with Crippen molar-refractivity contribution in [3.8, 4) is 0 Å². The van der Waals surface area contributed by atoms with Gasteiger partial charge in [-0.3, -0.25) is 0 Å². The lowest BCUT2D eigenvalue weighted by molar-refractivity contribution is -0.178. The molecule has 4 atom stereocenters. The molecule has 0 saturated carbocycles. The van der Waals surface area contributed by atoms with E-state index in [4.69, 9.17) is 18.9 Å². The molecule has 3 aromatic carbocycles. The minimum absolute atomic E-state index is 0.0215. The van der Waals surface area contributed by atoms with E-state index in [0.717, 1.165) is 16.7 Å². The average Bonchev–Trinajstić information content (AvgIpc) is 3.52. The molecular weight excluding hydrogens is 364 g/mol. The molecule has 2 saturated heterocycles. The van der Waals surface area contributed by atoms with E-state index in [1.807, 2.05) is 54.6 Å². The molecule has 4 heteroatoms. The van der Waals surface area contributed by atoms with Crippen LogP contribution >= 0.6 is 0 Å². The molecule has 2 aliphatic heterocycles. The van der Waals surface area contributed by atoms with Gasteiger partial charge in [-0.1, -0.05) is 91.0 Å². The third-order valence-corrected chi connectivity index (χ3v) is 5.74. The summed E-state index contributed by atoms with van der Waals surface area (Å²) in [6, 6.07) is 31.0. The maximum atomic E-state index is 6.80. The summed E-state index contributed by atoms with van der Waals surface area (Å²) in [6.07, 6.45) is -0.401. The van der Waals surface area contributed by atoms with Crippen LogP contribution in [0.1, 0.15) is 16.7 Å². The Morgan fingerprint density at radius 2 is 1.17 bits per heavy atom. The van der Waals surface area contributed by atoms with E-state index in [2.05, 4.69) is 36.4 Å². The molecule has 29 heavy (non-hydrogen) atoms. The fourth-order valence-corrected chi connectivity index (χ4v) is 4.28. The first-order chi connectivity index (χ1) is 14.3. The van der Waals surface area contributed by atoms with E-state index in [-0.39, 0.29) is 24.6 Å². The summed E-state index contributed by atoms with van der Waals surface area (Å²) < 4.78 is 23.9. The Morgan fingerprint density at radius 3 is 1.59 bits per heavy atom. The predicted octanol–water partition coefficient (Wildman–Crippen LogP) is 4.13. The molecule has 2 fully saturated rings. The van der Waals surface area contributed by atoms with E-state index in [9.17, 15) is 0 Å². The molecule has 0 N–H and O–H groups in total. The molecule has 2 aliphatic rings. The van der Waals surface area contributed by atoms with E-state index in [0.29, 0.717) is 6.61 Å². The van der Waals surface area contributed by atoms with Crippen molar-refractivity contribution in [1.29, 1.82) is 0 Å². The van der Waals surface area contributed by atoms with Crippen LogP contribution in [-0.4, -0.2) is 38.3 Å². The number of methoxy groups -OCH3 is 1. The van der Waals surface area contributed by atoms with Crippen LogP contribution in [-0.2, 0) is 24.5 Å². The monoisotopic (exact) mass is 388 g/mol. The summed E-state index contributed by atoms with van der Waals surface area (Å²) in [7, 11) is 1.65. The number of fused-ring (bicyclic) bond motifs is 1. The van der Waals surface area contributed by atoms with Crippen molar-refractivity contribution in [1.82, 2.24) is 0 Å². The van der Waals surface area contributed by atoms with Crippen molar-refractivity contribution in [3.63, 3.8) is 0 Å². The Labute approximate surface area is 171 Å². The summed E-state index contributed by atoms with van der Waals surface area (Å²) in [5, 5.41) is 0. The maximum absolute atomic E-state index is 6.80. The first kappa shape index (κ1) is 18.5. The fourth-order valence-electron chi connectivity index (χ4n) is 4.28. The smallest absolute Gasteiger partial charge is 0.186 e. The second-order valence-electron chi connectivity index (χ2n) is 7.43. The fraction of sp³-hybridized carbons (Fsp3) is 0.280. The highest BCUT2D eigenvalue weighted by Crippen LogP contribution is 2.44. The Balaban J connectivity index is 1.57. The molecule has 0 radical (unpaired) electrons. The molecule has 5 rings (SSSR count). The summed E-state index contributed by atoms with van der Waals surface area (Å²) in [4.78, 5) is 0. The molecule has 0 spiro atoms. The molecule has 0 aliphatic carbocycles. The van der Waals surface area contributed by atoms with Gasteiger partial charge in [0.15, 0.2) is 6.29 Å². The molecule has 148 valence electrons. The first-order valence-corrected chi connectivity index (χ1v) is 9.97. The molecular formula is C25H24O4. The van der Waals surface area contributed by atoms with Gasteiger partial charge in [0.2, 0.25) is 0 Å². The van der Waals surface area contributed by atoms with Crippen LogP contribution in [0.4, 0.5) is 0 Å². The first-order valence-electron chi connectivity index (χ1n) is 9.97. The normalized spacial score (nSPS) is 25.6. The number of hydrogen-bond donors (Lipinski definition) is 0. The zero-order valence-electron chi connectivity index (χ0n) is 16.3. The van der Waals surface area contributed by atoms with Gasteiger partial charge in [-0.05, 0) is 16.7 Å². The number of epoxide rings is 1. The van der Waals surface area contributed by atoms with Crippen molar-refractivity contribution in [3.05, 3.63) is 108 Å². The number of rotatable bonds is 7. The second-order valence-corrected chi connectivity index (χ2v) is 7.43. The van der Waals surface area contributed by atoms with Crippen LogP contribution in [0.5, 0.6) is 0 Å². The van der Waals surface area contributed by atoms with Gasteiger partial charge in [0.25, 0.3) is 0 Å². The highest BCUT2D eigenvalue weighted by molar-refractivity contribution is 5.47. The van der Waals surface area contributed by atoms with Crippen LogP contribution < -0.4 is 0 Å². The SMILES string of the molecule is CO[C@H]1O[C@@H](COC(c2ccccc2)(c2ccccc2)c2ccccc2)[C@@H]2O[C@H]12. The summed E-state index contributed by atoms with van der Waals surface area (Å²) >= 11 is 0. The number of benzene rings is 3. The summed E-state index contributed by atoms with van der Waals surface area (Å²) in [5.41, 5.74) is 2.48. The van der Waals surface area contributed by atoms with E-state index in [1.54, 1.807) is 7.11 Å². The van der Waals surface area contributed by atoms with Crippen LogP contribution in [0.25, 0.3) is 0 Å². The van der Waals surface area contributed by atoms with Crippen molar-refractivity contribution in [2.45, 2.75) is 30.2 Å². The summed E-state index contributed by atoms with van der Waals surface area (Å²) in [6.45, 7) is 0.402. The van der Waals surface area contributed by atoms with E-state index < -0.39 is 5.60 Å². The third-order valence-electron chi connectivity index (χ3n) is 5.74. The Kier molecular flexibility index (Phi) is 4.94. The predicted molar refractivity (Wildman–Crippen MR) is 109 cm³/mol. The Bertz CT molecular complexity index is 832. The van der Waals surface area contributed by atoms with Gasteiger partial charge in [0.1, 0.15) is 23.9 Å². The van der Waals surface area contributed by atoms with Crippen LogP contribution in [0, 0.1) is 0 Å². The summed E-state index contributed by atoms with van der Waals surface area (Å²) in [5.74, 6) is 0. The molecule has 0 unspecified atom stereocenters. The van der Waals surface area contributed by atoms with Crippen LogP contribution in [0.3, 0.4) is 0 Å². The van der Waals surface area contributed by atoms with Gasteiger partial charge in [0.05, 0.1) is 6.61 Å². The van der Waals surface area contributed by atoms with Gasteiger partial charge in [-0.2, -0.15) is 0 Å². The van der Waals surface area contributed by atoms with Crippen LogP contribution in [0.2, 0.25) is 0 Å². The minimum Gasteiger partial charge on any atom is -0.361 e. The maximum Gasteiger partial charge on any atom is 0.186 e. The topological polar surface area (TPSA) is 40.2 Å². The zero-order chi connectivity index (χ0) is 19.7. The van der Waals surface area contributed by atoms with Gasteiger partial charge < -0.3 is 18.9 Å². The lowest BCUT2D eigenvalue weighted by Gasteiger charge is -2.36. The highest BCUT2D eigenvalue weighted by atomic mass is 16.8. The molecule has 0 bridgehead atoms. The zero-order valence-corrected chi connectivity index (χ0v) is 16.3. The Hall–Kier alpha value is -2.50. The number of ether oxygens (including phenoxy) is 4. The highest BCUT2D eigenvalue weighted by Gasteiger charge is 2.59. The largest absolute Gasteiger partial charge is 0.361 e. The Morgan fingerprint density at radius 1 is 0.690 bits per heavy atom.